The molecule has 1 atom stereocenters. The first-order chi connectivity index (χ1) is 5.65. The van der Waals surface area contributed by atoms with Gasteiger partial charge in [-0.05, 0) is 29.3 Å². The molecule has 0 saturated heterocycles. The first kappa shape index (κ1) is 9.15. The van der Waals surface area contributed by atoms with E-state index in [0.717, 1.165) is 12.1 Å². The second-order valence-electron chi connectivity index (χ2n) is 2.03. The Morgan fingerprint density at radius 3 is 2.75 bits per heavy atom. The van der Waals surface area contributed by atoms with Gasteiger partial charge in [0, 0.05) is 4.90 Å². The van der Waals surface area contributed by atoms with Crippen molar-refractivity contribution >= 4 is 11.1 Å². The maximum atomic E-state index is 12.7. The molecule has 1 rings (SSSR count). The fourth-order valence-corrected chi connectivity index (χ4v) is 1.13. The molecular weight excluding hydrogens is 183 g/mol. The number of hydrogen-bond donors (Lipinski definition) is 0. The highest BCUT2D eigenvalue weighted by molar-refractivity contribution is 7.79. The maximum absolute atomic E-state index is 12.7. The molecule has 0 radical (unpaired) electrons. The molecule has 0 aliphatic heterocycles. The summed E-state index contributed by atoms with van der Waals surface area (Å²) in [5.41, 5.74) is 0. The van der Waals surface area contributed by atoms with E-state index < -0.39 is 16.9 Å². The van der Waals surface area contributed by atoms with Crippen LogP contribution in [0.5, 0.6) is 5.75 Å². The highest BCUT2D eigenvalue weighted by Crippen LogP contribution is 2.19. The SMILES string of the molecule is COc1cc(S(=O)[O-])ccc1F. The molecule has 3 nitrogen and oxygen atoms in total. The van der Waals surface area contributed by atoms with Crippen molar-refractivity contribution in [3.8, 4) is 5.75 Å². The minimum absolute atomic E-state index is 0.00764. The predicted octanol–water partition coefficient (Wildman–Crippen LogP) is 1.07. The van der Waals surface area contributed by atoms with Gasteiger partial charge in [0.2, 0.25) is 0 Å². The van der Waals surface area contributed by atoms with Gasteiger partial charge in [-0.1, -0.05) is 0 Å². The Kier molecular flexibility index (Phi) is 2.78. The van der Waals surface area contributed by atoms with Crippen LogP contribution in [0.1, 0.15) is 0 Å². The molecule has 0 fully saturated rings. The topological polar surface area (TPSA) is 49.4 Å². The third-order valence-electron chi connectivity index (χ3n) is 1.32. The van der Waals surface area contributed by atoms with Gasteiger partial charge in [-0.3, -0.25) is 4.21 Å². The van der Waals surface area contributed by atoms with Crippen LogP contribution >= 0.6 is 0 Å². The van der Waals surface area contributed by atoms with Crippen molar-refractivity contribution in [2.75, 3.05) is 7.11 Å². The van der Waals surface area contributed by atoms with Crippen LogP contribution in [0.3, 0.4) is 0 Å². The molecule has 0 heterocycles. The minimum Gasteiger partial charge on any atom is -0.768 e. The lowest BCUT2D eigenvalue weighted by Crippen LogP contribution is -1.93. The van der Waals surface area contributed by atoms with E-state index in [1.165, 1.54) is 13.2 Å². The molecule has 1 aromatic carbocycles. The molecule has 0 amide bonds. The zero-order valence-electron chi connectivity index (χ0n) is 6.24. The Balaban J connectivity index is 3.13. The summed E-state index contributed by atoms with van der Waals surface area (Å²) in [7, 11) is 1.27. The lowest BCUT2D eigenvalue weighted by molar-refractivity contribution is 0.385. The number of benzene rings is 1. The summed E-state index contributed by atoms with van der Waals surface area (Å²) >= 11 is -2.35. The third kappa shape index (κ3) is 1.80. The number of ether oxygens (including phenoxy) is 1. The highest BCUT2D eigenvalue weighted by atomic mass is 32.2. The van der Waals surface area contributed by atoms with Gasteiger partial charge in [-0.25, -0.2) is 4.39 Å². The average Bonchev–Trinajstić information content (AvgIpc) is 2.05. The van der Waals surface area contributed by atoms with Gasteiger partial charge in [-0.15, -0.1) is 0 Å². The molecule has 1 aromatic rings. The fraction of sp³-hybridized carbons (Fsp3) is 0.143. The molecule has 5 heteroatoms. The first-order valence-corrected chi connectivity index (χ1v) is 4.15. The molecule has 0 bridgehead atoms. The standard InChI is InChI=1S/C7H7FO3S/c1-11-7-4-5(12(9)10)2-3-6(7)8/h2-4H,1H3,(H,9,10)/p-1. The van der Waals surface area contributed by atoms with Gasteiger partial charge in [0.05, 0.1) is 7.11 Å². The van der Waals surface area contributed by atoms with Crippen LogP contribution in [-0.2, 0) is 11.1 Å². The van der Waals surface area contributed by atoms with Crippen LogP contribution in [-0.4, -0.2) is 15.9 Å². The smallest absolute Gasteiger partial charge is 0.165 e. The predicted molar refractivity (Wildman–Crippen MR) is 40.1 cm³/mol. The van der Waals surface area contributed by atoms with Crippen LogP contribution in [0.25, 0.3) is 0 Å². The summed E-state index contributed by atoms with van der Waals surface area (Å²) in [5.74, 6) is -0.650. The number of methoxy groups -OCH3 is 1. The Labute approximate surface area is 71.5 Å². The van der Waals surface area contributed by atoms with Crippen molar-refractivity contribution < 1.29 is 17.9 Å². The van der Waals surface area contributed by atoms with E-state index in [0.29, 0.717) is 0 Å². The van der Waals surface area contributed by atoms with Gasteiger partial charge in [-0.2, -0.15) is 0 Å². The van der Waals surface area contributed by atoms with E-state index in [4.69, 9.17) is 0 Å². The van der Waals surface area contributed by atoms with E-state index in [-0.39, 0.29) is 10.6 Å². The molecule has 0 N–H and O–H groups in total. The largest absolute Gasteiger partial charge is 0.768 e. The lowest BCUT2D eigenvalue weighted by Gasteiger charge is -2.07. The lowest BCUT2D eigenvalue weighted by atomic mass is 10.3. The van der Waals surface area contributed by atoms with Crippen molar-refractivity contribution in [2.24, 2.45) is 0 Å². The van der Waals surface area contributed by atoms with Gasteiger partial charge < -0.3 is 9.29 Å². The molecule has 0 aliphatic rings. The summed E-state index contributed by atoms with van der Waals surface area (Å²) in [5, 5.41) is 0. The number of hydrogen-bond acceptors (Lipinski definition) is 3. The van der Waals surface area contributed by atoms with Crippen molar-refractivity contribution in [1.82, 2.24) is 0 Å². The zero-order chi connectivity index (χ0) is 9.14. The van der Waals surface area contributed by atoms with E-state index in [1.54, 1.807) is 0 Å². The molecule has 12 heavy (non-hydrogen) atoms. The van der Waals surface area contributed by atoms with Gasteiger partial charge in [0.15, 0.2) is 11.6 Å². The first-order valence-electron chi connectivity index (χ1n) is 3.08. The second-order valence-corrected chi connectivity index (χ2v) is 2.97. The van der Waals surface area contributed by atoms with Gasteiger partial charge >= 0.3 is 0 Å². The molecule has 0 saturated carbocycles. The highest BCUT2D eigenvalue weighted by Gasteiger charge is 2.02. The van der Waals surface area contributed by atoms with Crippen molar-refractivity contribution in [2.45, 2.75) is 4.90 Å². The van der Waals surface area contributed by atoms with Crippen molar-refractivity contribution in [3.63, 3.8) is 0 Å². The summed E-state index contributed by atoms with van der Waals surface area (Å²) < 4.78 is 38.1. The Morgan fingerprint density at radius 2 is 2.25 bits per heavy atom. The molecule has 0 aliphatic carbocycles. The Bertz CT molecular complexity index is 314. The third-order valence-corrected chi connectivity index (χ3v) is 1.95. The fourth-order valence-electron chi connectivity index (χ4n) is 0.744. The van der Waals surface area contributed by atoms with Crippen LogP contribution in [0, 0.1) is 5.82 Å². The van der Waals surface area contributed by atoms with E-state index in [2.05, 4.69) is 4.74 Å². The maximum Gasteiger partial charge on any atom is 0.165 e. The van der Waals surface area contributed by atoms with Crippen LogP contribution < -0.4 is 4.74 Å². The molecular formula is C7H6FO3S-. The summed E-state index contributed by atoms with van der Waals surface area (Å²) in [6, 6.07) is 3.34. The Morgan fingerprint density at radius 1 is 1.58 bits per heavy atom. The monoisotopic (exact) mass is 189 g/mol. The molecule has 0 spiro atoms. The number of rotatable bonds is 2. The normalized spacial score (nSPS) is 12.6. The van der Waals surface area contributed by atoms with Gasteiger partial charge in [0.25, 0.3) is 0 Å². The van der Waals surface area contributed by atoms with Crippen molar-refractivity contribution in [1.29, 1.82) is 0 Å². The zero-order valence-corrected chi connectivity index (χ0v) is 7.06. The van der Waals surface area contributed by atoms with Crippen LogP contribution in [0.15, 0.2) is 23.1 Å². The summed E-state index contributed by atoms with van der Waals surface area (Å²) in [4.78, 5) is 0.00764. The van der Waals surface area contributed by atoms with Gasteiger partial charge in [0.1, 0.15) is 0 Å². The molecule has 1 unspecified atom stereocenters. The Hall–Kier alpha value is -0.940. The van der Waals surface area contributed by atoms with Crippen LogP contribution in [0.4, 0.5) is 4.39 Å². The second kappa shape index (κ2) is 3.64. The van der Waals surface area contributed by atoms with E-state index in [1.807, 2.05) is 0 Å². The minimum atomic E-state index is -2.35. The van der Waals surface area contributed by atoms with E-state index >= 15 is 0 Å². The molecule has 0 aromatic heterocycles. The quantitative estimate of drug-likeness (QED) is 0.654. The number of halogens is 1. The molecule has 66 valence electrons. The van der Waals surface area contributed by atoms with Crippen molar-refractivity contribution in [3.05, 3.63) is 24.0 Å². The summed E-state index contributed by atoms with van der Waals surface area (Å²) in [6.45, 7) is 0. The van der Waals surface area contributed by atoms with Crippen LogP contribution in [0.2, 0.25) is 0 Å². The van der Waals surface area contributed by atoms with E-state index in [9.17, 15) is 13.2 Å². The average molecular weight is 189 g/mol. The summed E-state index contributed by atoms with van der Waals surface area (Å²) in [6.07, 6.45) is 0.